The van der Waals surface area contributed by atoms with E-state index in [0.717, 1.165) is 42.6 Å². The molecular weight excluding hydrogens is 282 g/mol. The van der Waals surface area contributed by atoms with Gasteiger partial charge in [0.05, 0.1) is 0 Å². The second-order valence-electron chi connectivity index (χ2n) is 5.44. The molecule has 1 aliphatic rings. The van der Waals surface area contributed by atoms with E-state index in [1.807, 2.05) is 48.5 Å². The number of ketones is 1. The third-order valence-corrected chi connectivity index (χ3v) is 4.31. The number of hydrogen-bond donors (Lipinski definition) is 1. The molecule has 1 saturated heterocycles. The summed E-state index contributed by atoms with van der Waals surface area (Å²) in [6.07, 6.45) is 1.85. The Labute approximate surface area is 130 Å². The number of halogens is 1. The predicted molar refractivity (Wildman–Crippen MR) is 86.8 cm³/mol. The average Bonchev–Trinajstić information content (AvgIpc) is 2.56. The van der Waals surface area contributed by atoms with Gasteiger partial charge in [0.2, 0.25) is 0 Å². The molecular formula is C18H18ClNO. The molecule has 0 unspecified atom stereocenters. The van der Waals surface area contributed by atoms with Crippen LogP contribution in [0, 0.1) is 5.92 Å². The van der Waals surface area contributed by atoms with Gasteiger partial charge in [-0.2, -0.15) is 0 Å². The zero-order valence-corrected chi connectivity index (χ0v) is 12.6. The van der Waals surface area contributed by atoms with Crippen LogP contribution in [0.25, 0.3) is 11.1 Å². The number of carbonyl (C=O) groups excluding carboxylic acids is 1. The highest BCUT2D eigenvalue weighted by atomic mass is 35.5. The third kappa shape index (κ3) is 3.17. The van der Waals surface area contributed by atoms with E-state index in [1.54, 1.807) is 0 Å². The van der Waals surface area contributed by atoms with Crippen molar-refractivity contribution in [2.45, 2.75) is 12.8 Å². The summed E-state index contributed by atoms with van der Waals surface area (Å²) in [6, 6.07) is 15.5. The Balaban J connectivity index is 1.95. The highest BCUT2D eigenvalue weighted by molar-refractivity contribution is 6.30. The van der Waals surface area contributed by atoms with Crippen molar-refractivity contribution in [2.24, 2.45) is 5.92 Å². The standard InChI is InChI=1S/C18H18ClNO/c19-15-7-5-13(6-8-15)16-3-1-2-4-17(16)18(21)14-9-11-20-12-10-14/h1-8,14,20H,9-12H2. The van der Waals surface area contributed by atoms with Crippen molar-refractivity contribution < 1.29 is 4.79 Å². The maximum Gasteiger partial charge on any atom is 0.166 e. The van der Waals surface area contributed by atoms with E-state index in [0.29, 0.717) is 5.02 Å². The normalized spacial score (nSPS) is 15.9. The third-order valence-electron chi connectivity index (χ3n) is 4.06. The minimum absolute atomic E-state index is 0.139. The van der Waals surface area contributed by atoms with E-state index in [9.17, 15) is 4.79 Å². The predicted octanol–water partition coefficient (Wildman–Crippen LogP) is 4.19. The van der Waals surface area contributed by atoms with Crippen LogP contribution in [0.3, 0.4) is 0 Å². The largest absolute Gasteiger partial charge is 0.317 e. The first-order valence-electron chi connectivity index (χ1n) is 7.35. The molecule has 2 aromatic carbocycles. The molecule has 0 bridgehead atoms. The molecule has 1 fully saturated rings. The Morgan fingerprint density at radius 1 is 1.00 bits per heavy atom. The molecule has 21 heavy (non-hydrogen) atoms. The Hall–Kier alpha value is -1.64. The molecule has 0 aliphatic carbocycles. The number of piperidine rings is 1. The Morgan fingerprint density at radius 2 is 1.67 bits per heavy atom. The Bertz CT molecular complexity index is 630. The van der Waals surface area contributed by atoms with Gasteiger partial charge >= 0.3 is 0 Å². The van der Waals surface area contributed by atoms with E-state index < -0.39 is 0 Å². The molecule has 0 saturated carbocycles. The van der Waals surface area contributed by atoms with Gasteiger partial charge in [-0.3, -0.25) is 4.79 Å². The fourth-order valence-electron chi connectivity index (χ4n) is 2.88. The minimum Gasteiger partial charge on any atom is -0.317 e. The van der Waals surface area contributed by atoms with Crippen LogP contribution in [0.2, 0.25) is 5.02 Å². The smallest absolute Gasteiger partial charge is 0.166 e. The molecule has 0 amide bonds. The summed E-state index contributed by atoms with van der Waals surface area (Å²) in [5.74, 6) is 0.404. The van der Waals surface area contributed by atoms with E-state index in [-0.39, 0.29) is 11.7 Å². The zero-order chi connectivity index (χ0) is 14.7. The molecule has 108 valence electrons. The molecule has 3 rings (SSSR count). The number of benzene rings is 2. The van der Waals surface area contributed by atoms with Crippen molar-refractivity contribution in [1.29, 1.82) is 0 Å². The van der Waals surface area contributed by atoms with Gasteiger partial charge in [-0.15, -0.1) is 0 Å². The molecule has 1 heterocycles. The van der Waals surface area contributed by atoms with Crippen LogP contribution in [0.15, 0.2) is 48.5 Å². The quantitative estimate of drug-likeness (QED) is 0.861. The molecule has 3 heteroatoms. The summed E-state index contributed by atoms with van der Waals surface area (Å²) >= 11 is 5.95. The molecule has 1 N–H and O–H groups in total. The Morgan fingerprint density at radius 3 is 2.38 bits per heavy atom. The summed E-state index contributed by atoms with van der Waals surface area (Å²) in [4.78, 5) is 12.8. The molecule has 0 radical (unpaired) electrons. The fraction of sp³-hybridized carbons (Fsp3) is 0.278. The van der Waals surface area contributed by atoms with Gasteiger partial charge in [0.15, 0.2) is 5.78 Å². The van der Waals surface area contributed by atoms with Crippen LogP contribution >= 0.6 is 11.6 Å². The SMILES string of the molecule is O=C(c1ccccc1-c1ccc(Cl)cc1)C1CCNCC1. The topological polar surface area (TPSA) is 29.1 Å². The number of hydrogen-bond acceptors (Lipinski definition) is 2. The van der Waals surface area contributed by atoms with Gasteiger partial charge in [-0.05, 0) is 49.2 Å². The van der Waals surface area contributed by atoms with Crippen molar-refractivity contribution >= 4 is 17.4 Å². The highest BCUT2D eigenvalue weighted by Crippen LogP contribution is 2.28. The van der Waals surface area contributed by atoms with Crippen molar-refractivity contribution in [1.82, 2.24) is 5.32 Å². The molecule has 2 nitrogen and oxygen atoms in total. The number of nitrogens with one attached hydrogen (secondary N) is 1. The molecule has 1 aliphatic heterocycles. The van der Waals surface area contributed by atoms with E-state index in [1.165, 1.54) is 0 Å². The molecule has 0 aromatic heterocycles. The lowest BCUT2D eigenvalue weighted by Crippen LogP contribution is -2.32. The number of rotatable bonds is 3. The van der Waals surface area contributed by atoms with Gasteiger partial charge < -0.3 is 5.32 Å². The minimum atomic E-state index is 0.139. The summed E-state index contributed by atoms with van der Waals surface area (Å²) in [5, 5.41) is 4.02. The highest BCUT2D eigenvalue weighted by Gasteiger charge is 2.24. The zero-order valence-electron chi connectivity index (χ0n) is 11.8. The summed E-state index contributed by atoms with van der Waals surface area (Å²) < 4.78 is 0. The second-order valence-corrected chi connectivity index (χ2v) is 5.88. The van der Waals surface area contributed by atoms with Crippen LogP contribution in [-0.4, -0.2) is 18.9 Å². The molecule has 2 aromatic rings. The van der Waals surface area contributed by atoms with Gasteiger partial charge in [-0.25, -0.2) is 0 Å². The van der Waals surface area contributed by atoms with Crippen LogP contribution < -0.4 is 5.32 Å². The first-order chi connectivity index (χ1) is 10.3. The Kier molecular flexibility index (Phi) is 4.37. The van der Waals surface area contributed by atoms with Crippen molar-refractivity contribution in [3.8, 4) is 11.1 Å². The van der Waals surface area contributed by atoms with Crippen LogP contribution in [0.4, 0.5) is 0 Å². The van der Waals surface area contributed by atoms with Crippen molar-refractivity contribution in [3.63, 3.8) is 0 Å². The van der Waals surface area contributed by atoms with Crippen molar-refractivity contribution in [3.05, 3.63) is 59.1 Å². The lowest BCUT2D eigenvalue weighted by molar-refractivity contribution is 0.0896. The molecule has 0 atom stereocenters. The number of carbonyl (C=O) groups is 1. The maximum atomic E-state index is 12.8. The van der Waals surface area contributed by atoms with Gasteiger partial charge in [0.25, 0.3) is 0 Å². The van der Waals surface area contributed by atoms with Gasteiger partial charge in [-0.1, -0.05) is 48.0 Å². The monoisotopic (exact) mass is 299 g/mol. The van der Waals surface area contributed by atoms with Crippen LogP contribution in [-0.2, 0) is 0 Å². The second kappa shape index (κ2) is 6.42. The van der Waals surface area contributed by atoms with Crippen molar-refractivity contribution in [2.75, 3.05) is 13.1 Å². The fourth-order valence-corrected chi connectivity index (χ4v) is 3.01. The number of Topliss-reactive ketones (excluding diaryl/α,β-unsaturated/α-hetero) is 1. The summed E-state index contributed by atoms with van der Waals surface area (Å²) in [5.41, 5.74) is 2.86. The first kappa shape index (κ1) is 14.3. The molecule has 0 spiro atoms. The average molecular weight is 300 g/mol. The lowest BCUT2D eigenvalue weighted by Gasteiger charge is -2.22. The lowest BCUT2D eigenvalue weighted by atomic mass is 9.86. The maximum absolute atomic E-state index is 12.8. The first-order valence-corrected chi connectivity index (χ1v) is 7.73. The van der Waals surface area contributed by atoms with Crippen LogP contribution in [0.5, 0.6) is 0 Å². The van der Waals surface area contributed by atoms with E-state index in [2.05, 4.69) is 5.32 Å². The summed E-state index contributed by atoms with van der Waals surface area (Å²) in [6.45, 7) is 1.86. The van der Waals surface area contributed by atoms with Crippen LogP contribution in [0.1, 0.15) is 23.2 Å². The van der Waals surface area contributed by atoms with E-state index >= 15 is 0 Å². The van der Waals surface area contributed by atoms with Gasteiger partial charge in [0.1, 0.15) is 0 Å². The van der Waals surface area contributed by atoms with E-state index in [4.69, 9.17) is 11.6 Å². The summed E-state index contributed by atoms with van der Waals surface area (Å²) in [7, 11) is 0. The van der Waals surface area contributed by atoms with Gasteiger partial charge in [0, 0.05) is 16.5 Å².